The molecule has 0 bridgehead atoms. The summed E-state index contributed by atoms with van der Waals surface area (Å²) in [7, 11) is 0. The summed E-state index contributed by atoms with van der Waals surface area (Å²) in [4.78, 5) is 2.41. The molecule has 0 aliphatic heterocycles. The quantitative estimate of drug-likeness (QED) is 0.161. The van der Waals surface area contributed by atoms with E-state index in [4.69, 9.17) is 8.83 Å². The second-order valence-electron chi connectivity index (χ2n) is 16.4. The fraction of sp³-hybridized carbons (Fsp3) is 0. The van der Waals surface area contributed by atoms with Crippen LogP contribution < -0.4 is 4.90 Å². The van der Waals surface area contributed by atoms with E-state index in [0.717, 1.165) is 99.9 Å². The standard InChI is InChI=1S/C60H38N2O2/c1-3-18-39(19-4-1)42-22-7-11-30-52(42)62-53-31-12-8-25-50(53)58-54(32-17-33-55(58)62)61(40-20-5-2-6-21-40)41-36-37-43(46-26-15-27-47-44-23-9-13-34-56(44)63-59(46)47)51(38-41)49-29-16-28-48-45-24-10-14-35-57(45)64-60(48)49/h1-38H. The molecule has 4 nitrogen and oxygen atoms in total. The molecule has 0 aliphatic carbocycles. The summed E-state index contributed by atoms with van der Waals surface area (Å²) in [5, 5.41) is 6.72. The van der Waals surface area contributed by atoms with Crippen molar-refractivity contribution >= 4 is 82.7 Å². The summed E-state index contributed by atoms with van der Waals surface area (Å²) >= 11 is 0. The monoisotopic (exact) mass is 818 g/mol. The van der Waals surface area contributed by atoms with Crippen molar-refractivity contribution in [3.63, 3.8) is 0 Å². The molecule has 0 saturated heterocycles. The molecular formula is C60H38N2O2. The first-order chi connectivity index (χ1) is 31.8. The van der Waals surface area contributed by atoms with Crippen molar-refractivity contribution in [3.05, 3.63) is 231 Å². The van der Waals surface area contributed by atoms with Crippen molar-refractivity contribution in [2.45, 2.75) is 0 Å². The number of furan rings is 2. The third-order valence-electron chi connectivity index (χ3n) is 12.8. The average molecular weight is 819 g/mol. The Labute approximate surface area is 369 Å². The van der Waals surface area contributed by atoms with Gasteiger partial charge in [0.25, 0.3) is 0 Å². The molecule has 0 amide bonds. The van der Waals surface area contributed by atoms with Gasteiger partial charge in [-0.2, -0.15) is 0 Å². The van der Waals surface area contributed by atoms with Gasteiger partial charge in [-0.25, -0.2) is 0 Å². The molecule has 0 atom stereocenters. The summed E-state index contributed by atoms with van der Waals surface area (Å²) in [6.45, 7) is 0. The van der Waals surface area contributed by atoms with Crippen LogP contribution >= 0.6 is 0 Å². The highest BCUT2D eigenvalue weighted by Gasteiger charge is 2.25. The molecule has 0 spiro atoms. The second kappa shape index (κ2) is 14.5. The van der Waals surface area contributed by atoms with Gasteiger partial charge in [0.05, 0.1) is 22.4 Å². The maximum absolute atomic E-state index is 6.79. The number of rotatable bonds is 7. The topological polar surface area (TPSA) is 34.5 Å². The highest BCUT2D eigenvalue weighted by Crippen LogP contribution is 2.49. The molecule has 10 aromatic carbocycles. The third kappa shape index (κ3) is 5.56. The first-order valence-corrected chi connectivity index (χ1v) is 21.8. The van der Waals surface area contributed by atoms with Crippen LogP contribution in [0, 0.1) is 0 Å². The molecule has 0 radical (unpaired) electrons. The summed E-state index contributed by atoms with van der Waals surface area (Å²) in [6.07, 6.45) is 0. The maximum atomic E-state index is 6.79. The lowest BCUT2D eigenvalue weighted by Crippen LogP contribution is -2.10. The van der Waals surface area contributed by atoms with Gasteiger partial charge in [-0.1, -0.05) is 170 Å². The molecule has 0 N–H and O–H groups in total. The minimum Gasteiger partial charge on any atom is -0.455 e. The lowest BCUT2D eigenvalue weighted by atomic mass is 9.91. The lowest BCUT2D eigenvalue weighted by Gasteiger charge is -2.28. The van der Waals surface area contributed by atoms with Crippen molar-refractivity contribution in [1.82, 2.24) is 4.57 Å². The van der Waals surface area contributed by atoms with Gasteiger partial charge >= 0.3 is 0 Å². The number of fused-ring (bicyclic) bond motifs is 9. The molecule has 300 valence electrons. The van der Waals surface area contributed by atoms with Crippen LogP contribution in [0.25, 0.3) is 105 Å². The Bertz CT molecular complexity index is 3910. The molecule has 0 unspecified atom stereocenters. The molecular weight excluding hydrogens is 781 g/mol. The Balaban J connectivity index is 1.10. The number of para-hydroxylation sites is 7. The van der Waals surface area contributed by atoms with Crippen molar-refractivity contribution in [2.75, 3.05) is 4.90 Å². The predicted molar refractivity (Wildman–Crippen MR) is 266 cm³/mol. The second-order valence-corrected chi connectivity index (χ2v) is 16.4. The first kappa shape index (κ1) is 36.1. The van der Waals surface area contributed by atoms with Gasteiger partial charge in [-0.3, -0.25) is 0 Å². The summed E-state index contributed by atoms with van der Waals surface area (Å²) in [5.74, 6) is 0. The van der Waals surface area contributed by atoms with E-state index in [0.29, 0.717) is 0 Å². The van der Waals surface area contributed by atoms with Gasteiger partial charge in [0, 0.05) is 60.4 Å². The van der Waals surface area contributed by atoms with Crippen LogP contribution in [-0.4, -0.2) is 4.57 Å². The van der Waals surface area contributed by atoms with Gasteiger partial charge in [0.15, 0.2) is 0 Å². The number of benzene rings is 10. The lowest BCUT2D eigenvalue weighted by molar-refractivity contribution is 0.669. The summed E-state index contributed by atoms with van der Waals surface area (Å²) in [5.41, 5.74) is 16.5. The fourth-order valence-corrected chi connectivity index (χ4v) is 10.0. The average Bonchev–Trinajstić information content (AvgIpc) is 4.05. The van der Waals surface area contributed by atoms with Gasteiger partial charge in [-0.15, -0.1) is 0 Å². The molecule has 13 rings (SSSR count). The van der Waals surface area contributed by atoms with Crippen molar-refractivity contribution in [1.29, 1.82) is 0 Å². The van der Waals surface area contributed by atoms with Crippen molar-refractivity contribution in [3.8, 4) is 39.1 Å². The SMILES string of the molecule is c1ccc(-c2ccccc2-n2c3ccccc3c3c(N(c4ccccc4)c4ccc(-c5cccc6c5oc5ccccc56)c(-c5cccc6c5oc5ccccc56)c4)cccc32)cc1. The van der Waals surface area contributed by atoms with Gasteiger partial charge in [0.2, 0.25) is 0 Å². The zero-order valence-electron chi connectivity index (χ0n) is 34.7. The Kier molecular flexibility index (Phi) is 8.18. The molecule has 3 aromatic heterocycles. The zero-order chi connectivity index (χ0) is 42.1. The molecule has 64 heavy (non-hydrogen) atoms. The van der Waals surface area contributed by atoms with Crippen LogP contribution in [0.2, 0.25) is 0 Å². The van der Waals surface area contributed by atoms with Gasteiger partial charge in [-0.05, 0) is 77.4 Å². The zero-order valence-corrected chi connectivity index (χ0v) is 34.7. The molecule has 4 heteroatoms. The number of nitrogens with zero attached hydrogens (tertiary/aromatic N) is 2. The van der Waals surface area contributed by atoms with E-state index in [1.165, 1.54) is 21.9 Å². The van der Waals surface area contributed by atoms with E-state index >= 15 is 0 Å². The van der Waals surface area contributed by atoms with Gasteiger partial charge in [0.1, 0.15) is 22.3 Å². The van der Waals surface area contributed by atoms with Crippen LogP contribution in [0.5, 0.6) is 0 Å². The Morgan fingerprint density at radius 2 is 0.859 bits per heavy atom. The van der Waals surface area contributed by atoms with Crippen molar-refractivity contribution < 1.29 is 8.83 Å². The Hall–Kier alpha value is -8.60. The number of aromatic nitrogens is 1. The molecule has 13 aromatic rings. The van der Waals surface area contributed by atoms with Crippen LogP contribution in [0.15, 0.2) is 239 Å². The van der Waals surface area contributed by atoms with Crippen molar-refractivity contribution in [2.24, 2.45) is 0 Å². The predicted octanol–water partition coefficient (Wildman–Crippen LogP) is 17.1. The normalized spacial score (nSPS) is 11.8. The van der Waals surface area contributed by atoms with Crippen LogP contribution in [0.4, 0.5) is 17.1 Å². The molecule has 0 aliphatic rings. The van der Waals surface area contributed by atoms with Gasteiger partial charge < -0.3 is 18.3 Å². The third-order valence-corrected chi connectivity index (χ3v) is 12.8. The smallest absolute Gasteiger partial charge is 0.143 e. The summed E-state index contributed by atoms with van der Waals surface area (Å²) < 4.78 is 15.9. The highest BCUT2D eigenvalue weighted by atomic mass is 16.3. The van der Waals surface area contributed by atoms with E-state index in [9.17, 15) is 0 Å². The minimum absolute atomic E-state index is 0.854. The van der Waals surface area contributed by atoms with Crippen LogP contribution in [0.3, 0.4) is 0 Å². The minimum atomic E-state index is 0.854. The van der Waals surface area contributed by atoms with E-state index in [1.54, 1.807) is 0 Å². The summed E-state index contributed by atoms with van der Waals surface area (Å²) in [6, 6.07) is 82.1. The maximum Gasteiger partial charge on any atom is 0.143 e. The van der Waals surface area contributed by atoms with E-state index in [-0.39, 0.29) is 0 Å². The molecule has 3 heterocycles. The Morgan fingerprint density at radius 3 is 1.58 bits per heavy atom. The van der Waals surface area contributed by atoms with Crippen LogP contribution in [-0.2, 0) is 0 Å². The van der Waals surface area contributed by atoms with Crippen LogP contribution in [0.1, 0.15) is 0 Å². The Morgan fingerprint density at radius 1 is 0.328 bits per heavy atom. The highest BCUT2D eigenvalue weighted by molar-refractivity contribution is 6.18. The number of hydrogen-bond donors (Lipinski definition) is 0. The number of hydrogen-bond acceptors (Lipinski definition) is 3. The first-order valence-electron chi connectivity index (χ1n) is 21.8. The molecule has 0 saturated carbocycles. The number of anilines is 3. The van der Waals surface area contributed by atoms with E-state index in [1.807, 2.05) is 18.2 Å². The molecule has 0 fully saturated rings. The van der Waals surface area contributed by atoms with E-state index in [2.05, 4.69) is 222 Å². The van der Waals surface area contributed by atoms with E-state index < -0.39 is 0 Å². The largest absolute Gasteiger partial charge is 0.455 e. The fourth-order valence-electron chi connectivity index (χ4n) is 10.0.